The number of hydrogen-bond acceptors (Lipinski definition) is 9. The largest absolute Gasteiger partial charge is 0.480 e. The Labute approximate surface area is 325 Å². The number of allylic oxidation sites excluding steroid dienone is 12. The van der Waals surface area contributed by atoms with Crippen molar-refractivity contribution in [1.82, 2.24) is 0 Å². The molecular formula is C42H70NO10P. The van der Waals surface area contributed by atoms with Gasteiger partial charge in [0.2, 0.25) is 0 Å². The maximum Gasteiger partial charge on any atom is 0.472 e. The number of esters is 2. The van der Waals surface area contributed by atoms with E-state index >= 15 is 0 Å². The number of carboxylic acid groups (broad SMARTS) is 1. The highest BCUT2D eigenvalue weighted by Gasteiger charge is 2.28. The second-order valence-corrected chi connectivity index (χ2v) is 14.5. The number of rotatable bonds is 36. The molecule has 3 unspecified atom stereocenters. The lowest BCUT2D eigenvalue weighted by Crippen LogP contribution is -2.34. The van der Waals surface area contributed by atoms with E-state index in [4.69, 9.17) is 24.8 Å². The molecule has 0 amide bonds. The lowest BCUT2D eigenvalue weighted by atomic mass is 10.1. The van der Waals surface area contributed by atoms with E-state index in [-0.39, 0.29) is 19.4 Å². The van der Waals surface area contributed by atoms with Crippen LogP contribution in [0.2, 0.25) is 0 Å². The molecule has 54 heavy (non-hydrogen) atoms. The molecular weight excluding hydrogens is 709 g/mol. The molecule has 4 N–H and O–H groups in total. The van der Waals surface area contributed by atoms with Gasteiger partial charge in [0.05, 0.1) is 13.2 Å². The first-order valence-corrected chi connectivity index (χ1v) is 21.5. The molecule has 0 bridgehead atoms. The van der Waals surface area contributed by atoms with Gasteiger partial charge in [0.25, 0.3) is 0 Å². The molecule has 12 heteroatoms. The van der Waals surface area contributed by atoms with Gasteiger partial charge in [-0.05, 0) is 77.0 Å². The molecule has 0 aliphatic carbocycles. The van der Waals surface area contributed by atoms with Crippen molar-refractivity contribution in [3.05, 3.63) is 72.9 Å². The minimum atomic E-state index is -4.73. The number of carbonyl (C=O) groups is 3. The predicted octanol–water partition coefficient (Wildman–Crippen LogP) is 10.2. The highest BCUT2D eigenvalue weighted by Crippen LogP contribution is 2.43. The standard InChI is InChI=1S/C42H70NO10P/c1-3-5-7-9-11-13-15-16-17-18-19-20-21-22-24-26-28-30-32-34-41(45)53-38(36-51-54(48,49)52-37-39(43)42(46)47)35-50-40(44)33-31-29-27-25-23-14-12-10-8-6-4-2/h5,7,10-13,16-17,19-20,22,24,38-39H,3-4,6,8-9,14-15,18,21,23,25-37,43H2,1-2H3,(H,46,47)(H,48,49)/b7-5-,12-10-,13-11-,17-16-,20-19-,24-22-. The van der Waals surface area contributed by atoms with Crippen molar-refractivity contribution in [2.75, 3.05) is 19.8 Å². The number of phosphoric ester groups is 1. The molecule has 0 fully saturated rings. The quantitative estimate of drug-likeness (QED) is 0.0239. The van der Waals surface area contributed by atoms with Crippen molar-refractivity contribution < 1.29 is 47.5 Å². The van der Waals surface area contributed by atoms with E-state index in [0.717, 1.165) is 89.9 Å². The third-order valence-corrected chi connectivity index (χ3v) is 8.89. The molecule has 0 aliphatic heterocycles. The van der Waals surface area contributed by atoms with E-state index in [9.17, 15) is 23.8 Å². The second-order valence-electron chi connectivity index (χ2n) is 13.0. The summed E-state index contributed by atoms with van der Waals surface area (Å²) in [6, 6.07) is -1.53. The fourth-order valence-corrected chi connectivity index (χ4v) is 5.55. The summed E-state index contributed by atoms with van der Waals surface area (Å²) in [7, 11) is -4.73. The van der Waals surface area contributed by atoms with E-state index in [1.807, 2.05) is 0 Å². The van der Waals surface area contributed by atoms with Crippen LogP contribution in [-0.4, -0.2) is 59.9 Å². The zero-order chi connectivity index (χ0) is 40.0. The smallest absolute Gasteiger partial charge is 0.472 e. The van der Waals surface area contributed by atoms with Crippen molar-refractivity contribution in [3.63, 3.8) is 0 Å². The molecule has 3 atom stereocenters. The minimum Gasteiger partial charge on any atom is -0.480 e. The molecule has 0 aromatic heterocycles. The van der Waals surface area contributed by atoms with Crippen LogP contribution in [0.3, 0.4) is 0 Å². The van der Waals surface area contributed by atoms with Crippen LogP contribution in [0.25, 0.3) is 0 Å². The molecule has 0 aromatic rings. The normalized spacial score (nSPS) is 14.6. The van der Waals surface area contributed by atoms with Crippen LogP contribution in [0.1, 0.15) is 142 Å². The summed E-state index contributed by atoms with van der Waals surface area (Å²) in [5.74, 6) is -2.45. The van der Waals surface area contributed by atoms with Crippen LogP contribution in [0.15, 0.2) is 72.9 Å². The summed E-state index contributed by atoms with van der Waals surface area (Å²) in [4.78, 5) is 45.8. The van der Waals surface area contributed by atoms with E-state index in [1.54, 1.807) is 0 Å². The molecule has 308 valence electrons. The number of phosphoric acid groups is 1. The summed E-state index contributed by atoms with van der Waals surface area (Å²) in [6.07, 6.45) is 42.6. The van der Waals surface area contributed by atoms with Gasteiger partial charge >= 0.3 is 25.7 Å². The van der Waals surface area contributed by atoms with Crippen LogP contribution in [0.5, 0.6) is 0 Å². The maximum atomic E-state index is 12.6. The molecule has 0 aliphatic rings. The third kappa shape index (κ3) is 35.9. The lowest BCUT2D eigenvalue weighted by Gasteiger charge is -2.20. The average molecular weight is 780 g/mol. The van der Waals surface area contributed by atoms with Crippen LogP contribution in [0.4, 0.5) is 0 Å². The number of carbonyl (C=O) groups excluding carboxylic acids is 2. The Morgan fingerprint density at radius 2 is 1.04 bits per heavy atom. The van der Waals surface area contributed by atoms with Crippen molar-refractivity contribution in [3.8, 4) is 0 Å². The Kier molecular flexibility index (Phi) is 34.8. The summed E-state index contributed by atoms with van der Waals surface area (Å²) in [5.41, 5.74) is 5.32. The molecule has 0 aromatic carbocycles. The average Bonchev–Trinajstić information content (AvgIpc) is 3.14. The first-order valence-electron chi connectivity index (χ1n) is 20.0. The van der Waals surface area contributed by atoms with E-state index in [1.165, 1.54) is 12.8 Å². The lowest BCUT2D eigenvalue weighted by molar-refractivity contribution is -0.161. The van der Waals surface area contributed by atoms with Crippen molar-refractivity contribution in [1.29, 1.82) is 0 Å². The van der Waals surface area contributed by atoms with Gasteiger partial charge in [-0.2, -0.15) is 0 Å². The number of unbranched alkanes of at least 4 members (excludes halogenated alkanes) is 10. The summed E-state index contributed by atoms with van der Waals surface area (Å²) >= 11 is 0. The van der Waals surface area contributed by atoms with Crippen LogP contribution in [0, 0.1) is 0 Å². The van der Waals surface area contributed by atoms with Gasteiger partial charge in [-0.15, -0.1) is 0 Å². The molecule has 0 saturated heterocycles. The molecule has 0 saturated carbocycles. The van der Waals surface area contributed by atoms with Crippen LogP contribution < -0.4 is 5.73 Å². The van der Waals surface area contributed by atoms with Crippen LogP contribution in [-0.2, 0) is 37.5 Å². The zero-order valence-electron chi connectivity index (χ0n) is 33.0. The molecule has 0 radical (unpaired) electrons. The van der Waals surface area contributed by atoms with Gasteiger partial charge in [-0.1, -0.05) is 125 Å². The zero-order valence-corrected chi connectivity index (χ0v) is 33.9. The van der Waals surface area contributed by atoms with Gasteiger partial charge in [0, 0.05) is 12.8 Å². The Morgan fingerprint density at radius 3 is 1.59 bits per heavy atom. The number of carboxylic acids is 1. The monoisotopic (exact) mass is 779 g/mol. The van der Waals surface area contributed by atoms with Crippen LogP contribution >= 0.6 is 7.82 Å². The summed E-state index contributed by atoms with van der Waals surface area (Å²) < 4.78 is 32.5. The molecule has 0 heterocycles. The van der Waals surface area contributed by atoms with Gasteiger partial charge in [0.1, 0.15) is 12.6 Å². The second kappa shape index (κ2) is 36.9. The fraction of sp³-hybridized carbons (Fsp3) is 0.643. The first kappa shape index (κ1) is 50.9. The van der Waals surface area contributed by atoms with E-state index < -0.39 is 51.1 Å². The van der Waals surface area contributed by atoms with Crippen molar-refractivity contribution >= 4 is 25.7 Å². The van der Waals surface area contributed by atoms with Gasteiger partial charge in [-0.25, -0.2) is 4.57 Å². The minimum absolute atomic E-state index is 0.116. The fourth-order valence-electron chi connectivity index (χ4n) is 4.78. The van der Waals surface area contributed by atoms with E-state index in [2.05, 4.69) is 91.3 Å². The summed E-state index contributed by atoms with van der Waals surface area (Å²) in [6.45, 7) is 2.57. The Hall–Kier alpha value is -3.08. The van der Waals surface area contributed by atoms with Gasteiger partial charge in [-0.3, -0.25) is 23.4 Å². The number of nitrogens with two attached hydrogens (primary N) is 1. The highest BCUT2D eigenvalue weighted by molar-refractivity contribution is 7.47. The Bertz CT molecular complexity index is 1190. The van der Waals surface area contributed by atoms with Gasteiger partial charge < -0.3 is 25.2 Å². The van der Waals surface area contributed by atoms with Crippen molar-refractivity contribution in [2.24, 2.45) is 5.73 Å². The Balaban J connectivity index is 4.49. The Morgan fingerprint density at radius 1 is 0.593 bits per heavy atom. The number of ether oxygens (including phenoxy) is 2. The van der Waals surface area contributed by atoms with E-state index in [0.29, 0.717) is 12.8 Å². The highest BCUT2D eigenvalue weighted by atomic mass is 31.2. The molecule has 11 nitrogen and oxygen atoms in total. The maximum absolute atomic E-state index is 12.6. The first-order chi connectivity index (χ1) is 26.1. The number of aliphatic carboxylic acids is 1. The van der Waals surface area contributed by atoms with Gasteiger partial charge in [0.15, 0.2) is 6.10 Å². The third-order valence-electron chi connectivity index (χ3n) is 7.94. The molecule has 0 rings (SSSR count). The SMILES string of the molecule is CC/C=C\C/C=C\C/C=C\C/C=C\C/C=C\CCCCCC(=O)OC(COC(=O)CCCCCCC/C=C\CCCC)COP(=O)(O)OCC(N)C(=O)O. The van der Waals surface area contributed by atoms with Crippen molar-refractivity contribution in [2.45, 2.75) is 154 Å². The summed E-state index contributed by atoms with van der Waals surface area (Å²) in [5, 5.41) is 8.87. The predicted molar refractivity (Wildman–Crippen MR) is 217 cm³/mol. The molecule has 0 spiro atoms. The number of hydrogen-bond donors (Lipinski definition) is 3. The topological polar surface area (TPSA) is 172 Å².